The van der Waals surface area contributed by atoms with Crippen LogP contribution in [-0.2, 0) is 13.2 Å². The SMILES string of the molecule is c1ccc(OCc2ccccc2CN2CCCC2)cc1. The minimum atomic E-state index is 0.647. The molecule has 0 unspecified atom stereocenters. The highest BCUT2D eigenvalue weighted by atomic mass is 16.5. The first-order chi connectivity index (χ1) is 9.92. The van der Waals surface area contributed by atoms with Crippen LogP contribution in [-0.4, -0.2) is 18.0 Å². The van der Waals surface area contributed by atoms with Crippen LogP contribution in [0.1, 0.15) is 24.0 Å². The van der Waals surface area contributed by atoms with Crippen molar-refractivity contribution < 1.29 is 4.74 Å². The Morgan fingerprint density at radius 1 is 0.800 bits per heavy atom. The van der Waals surface area contributed by atoms with Gasteiger partial charge in [-0.15, -0.1) is 0 Å². The fraction of sp³-hybridized carbons (Fsp3) is 0.333. The highest BCUT2D eigenvalue weighted by Crippen LogP contribution is 2.18. The van der Waals surface area contributed by atoms with E-state index in [2.05, 4.69) is 29.2 Å². The van der Waals surface area contributed by atoms with Crippen molar-refractivity contribution in [1.82, 2.24) is 4.90 Å². The van der Waals surface area contributed by atoms with E-state index in [9.17, 15) is 0 Å². The lowest BCUT2D eigenvalue weighted by Gasteiger charge is -2.17. The van der Waals surface area contributed by atoms with E-state index in [1.54, 1.807) is 0 Å². The summed E-state index contributed by atoms with van der Waals surface area (Å²) in [5.74, 6) is 0.934. The molecule has 0 bridgehead atoms. The summed E-state index contributed by atoms with van der Waals surface area (Å²) in [5, 5.41) is 0. The molecule has 2 nitrogen and oxygen atoms in total. The highest BCUT2D eigenvalue weighted by Gasteiger charge is 2.13. The van der Waals surface area contributed by atoms with Gasteiger partial charge in [0.15, 0.2) is 0 Å². The summed E-state index contributed by atoms with van der Waals surface area (Å²) in [4.78, 5) is 2.53. The number of rotatable bonds is 5. The molecular formula is C18H21NO. The van der Waals surface area contributed by atoms with Gasteiger partial charge >= 0.3 is 0 Å². The lowest BCUT2D eigenvalue weighted by atomic mass is 10.1. The van der Waals surface area contributed by atoms with E-state index in [1.165, 1.54) is 37.1 Å². The van der Waals surface area contributed by atoms with Gasteiger partial charge in [-0.05, 0) is 49.2 Å². The minimum Gasteiger partial charge on any atom is -0.489 e. The second kappa shape index (κ2) is 6.58. The fourth-order valence-electron chi connectivity index (χ4n) is 2.71. The number of ether oxygens (including phenoxy) is 1. The van der Waals surface area contributed by atoms with Crippen molar-refractivity contribution in [2.45, 2.75) is 26.0 Å². The van der Waals surface area contributed by atoms with E-state index in [-0.39, 0.29) is 0 Å². The van der Waals surface area contributed by atoms with Crippen LogP contribution >= 0.6 is 0 Å². The highest BCUT2D eigenvalue weighted by molar-refractivity contribution is 5.28. The van der Waals surface area contributed by atoms with Crippen molar-refractivity contribution in [2.24, 2.45) is 0 Å². The van der Waals surface area contributed by atoms with Crippen LogP contribution < -0.4 is 4.74 Å². The zero-order valence-corrected chi connectivity index (χ0v) is 11.8. The van der Waals surface area contributed by atoms with Gasteiger partial charge in [-0.25, -0.2) is 0 Å². The molecule has 0 spiro atoms. The molecule has 1 saturated heterocycles. The summed E-state index contributed by atoms with van der Waals surface area (Å²) in [6, 6.07) is 18.6. The summed E-state index contributed by atoms with van der Waals surface area (Å²) in [6.07, 6.45) is 2.67. The first-order valence-electron chi connectivity index (χ1n) is 7.39. The van der Waals surface area contributed by atoms with Gasteiger partial charge in [0.05, 0.1) is 0 Å². The standard InChI is InChI=1S/C18H21NO/c1-2-10-18(11-3-1)20-15-17-9-5-4-8-16(17)14-19-12-6-7-13-19/h1-5,8-11H,6-7,12-15H2. The second-order valence-electron chi connectivity index (χ2n) is 5.35. The molecule has 0 amide bonds. The monoisotopic (exact) mass is 267 g/mol. The Morgan fingerprint density at radius 3 is 2.20 bits per heavy atom. The van der Waals surface area contributed by atoms with Crippen molar-refractivity contribution in [3.8, 4) is 5.75 Å². The van der Waals surface area contributed by atoms with E-state index in [1.807, 2.05) is 30.3 Å². The second-order valence-corrected chi connectivity index (χ2v) is 5.35. The third kappa shape index (κ3) is 3.40. The summed E-state index contributed by atoms with van der Waals surface area (Å²) in [7, 11) is 0. The van der Waals surface area contributed by atoms with Gasteiger partial charge in [0.1, 0.15) is 12.4 Å². The van der Waals surface area contributed by atoms with Crippen molar-refractivity contribution in [1.29, 1.82) is 0 Å². The molecule has 1 aliphatic heterocycles. The van der Waals surface area contributed by atoms with Gasteiger partial charge in [0, 0.05) is 6.54 Å². The van der Waals surface area contributed by atoms with Crippen LogP contribution in [0.3, 0.4) is 0 Å². The van der Waals surface area contributed by atoms with E-state index < -0.39 is 0 Å². The molecular weight excluding hydrogens is 246 g/mol. The molecule has 0 N–H and O–H groups in total. The van der Waals surface area contributed by atoms with E-state index in [4.69, 9.17) is 4.74 Å². The molecule has 0 atom stereocenters. The summed E-state index contributed by atoms with van der Waals surface area (Å²) >= 11 is 0. The van der Waals surface area contributed by atoms with Crippen molar-refractivity contribution in [3.05, 3.63) is 65.7 Å². The first kappa shape index (κ1) is 13.2. The maximum Gasteiger partial charge on any atom is 0.119 e. The maximum atomic E-state index is 5.88. The Bertz CT molecular complexity index is 532. The molecule has 3 rings (SSSR count). The van der Waals surface area contributed by atoms with Crippen LogP contribution in [0, 0.1) is 0 Å². The van der Waals surface area contributed by atoms with Gasteiger partial charge in [-0.1, -0.05) is 42.5 Å². The molecule has 1 aliphatic rings. The molecule has 0 aromatic heterocycles. The number of hydrogen-bond donors (Lipinski definition) is 0. The van der Waals surface area contributed by atoms with Gasteiger partial charge in [-0.2, -0.15) is 0 Å². The normalized spacial score (nSPS) is 15.4. The molecule has 104 valence electrons. The zero-order valence-electron chi connectivity index (χ0n) is 11.8. The van der Waals surface area contributed by atoms with Crippen LogP contribution in [0.15, 0.2) is 54.6 Å². The lowest BCUT2D eigenvalue weighted by molar-refractivity contribution is 0.296. The van der Waals surface area contributed by atoms with E-state index >= 15 is 0 Å². The number of nitrogens with zero attached hydrogens (tertiary/aromatic N) is 1. The van der Waals surface area contributed by atoms with Crippen molar-refractivity contribution >= 4 is 0 Å². The van der Waals surface area contributed by atoms with Crippen molar-refractivity contribution in [2.75, 3.05) is 13.1 Å². The minimum absolute atomic E-state index is 0.647. The molecule has 0 aliphatic carbocycles. The summed E-state index contributed by atoms with van der Waals surface area (Å²) in [5.41, 5.74) is 2.69. The number of likely N-dealkylation sites (tertiary alicyclic amines) is 1. The molecule has 0 saturated carbocycles. The van der Waals surface area contributed by atoms with Crippen LogP contribution in [0.4, 0.5) is 0 Å². The Balaban J connectivity index is 1.66. The largest absolute Gasteiger partial charge is 0.489 e. The molecule has 2 heteroatoms. The molecule has 2 aromatic carbocycles. The Kier molecular flexibility index (Phi) is 4.34. The van der Waals surface area contributed by atoms with Crippen molar-refractivity contribution in [3.63, 3.8) is 0 Å². The van der Waals surface area contributed by atoms with Crippen LogP contribution in [0.5, 0.6) is 5.75 Å². The third-order valence-electron chi connectivity index (χ3n) is 3.85. The third-order valence-corrected chi connectivity index (χ3v) is 3.85. The summed E-state index contributed by atoms with van der Waals surface area (Å²) < 4.78 is 5.88. The average molecular weight is 267 g/mol. The van der Waals surface area contributed by atoms with Gasteiger partial charge < -0.3 is 4.74 Å². The predicted molar refractivity (Wildman–Crippen MR) is 81.7 cm³/mol. The van der Waals surface area contributed by atoms with Gasteiger partial charge in [0.25, 0.3) is 0 Å². The number of hydrogen-bond acceptors (Lipinski definition) is 2. The number of benzene rings is 2. The smallest absolute Gasteiger partial charge is 0.119 e. The Morgan fingerprint density at radius 2 is 1.45 bits per heavy atom. The molecule has 2 aromatic rings. The Labute approximate surface area is 121 Å². The molecule has 1 heterocycles. The van der Waals surface area contributed by atoms with E-state index in [0.29, 0.717) is 6.61 Å². The van der Waals surface area contributed by atoms with Gasteiger partial charge in [0.2, 0.25) is 0 Å². The molecule has 0 radical (unpaired) electrons. The lowest BCUT2D eigenvalue weighted by Crippen LogP contribution is -2.19. The fourth-order valence-corrected chi connectivity index (χ4v) is 2.71. The van der Waals surface area contributed by atoms with Gasteiger partial charge in [-0.3, -0.25) is 4.90 Å². The average Bonchev–Trinajstić information content (AvgIpc) is 3.00. The topological polar surface area (TPSA) is 12.5 Å². The molecule has 20 heavy (non-hydrogen) atoms. The quantitative estimate of drug-likeness (QED) is 0.815. The molecule has 1 fully saturated rings. The Hall–Kier alpha value is -1.80. The van der Waals surface area contributed by atoms with E-state index in [0.717, 1.165) is 12.3 Å². The summed E-state index contributed by atoms with van der Waals surface area (Å²) in [6.45, 7) is 4.16. The number of para-hydroxylation sites is 1. The van der Waals surface area contributed by atoms with Crippen LogP contribution in [0.2, 0.25) is 0 Å². The first-order valence-corrected chi connectivity index (χ1v) is 7.39. The zero-order chi connectivity index (χ0) is 13.6. The maximum absolute atomic E-state index is 5.88. The van der Waals surface area contributed by atoms with Crippen LogP contribution in [0.25, 0.3) is 0 Å². The predicted octanol–water partition coefficient (Wildman–Crippen LogP) is 3.86.